The van der Waals surface area contributed by atoms with Crippen LogP contribution in [0.3, 0.4) is 0 Å². The zero-order chi connectivity index (χ0) is 20.4. The molecule has 0 unspecified atom stereocenters. The predicted octanol–water partition coefficient (Wildman–Crippen LogP) is 4.32. The van der Waals surface area contributed by atoms with E-state index in [1.807, 2.05) is 66.7 Å². The van der Waals surface area contributed by atoms with E-state index in [4.69, 9.17) is 0 Å². The van der Waals surface area contributed by atoms with Crippen LogP contribution in [0, 0.1) is 0 Å². The van der Waals surface area contributed by atoms with Crippen LogP contribution in [0.4, 0.5) is 11.4 Å². The van der Waals surface area contributed by atoms with Gasteiger partial charge in [0.05, 0.1) is 11.3 Å². The largest absolute Gasteiger partial charge is 0.354 e. The molecule has 1 heterocycles. The smallest absolute Gasteiger partial charge is 0.258 e. The molecule has 2 N–H and O–H groups in total. The number of hydrogen-bond acceptors (Lipinski definition) is 3. The first-order valence-corrected chi connectivity index (χ1v) is 9.34. The average molecular weight is 383 g/mol. The molecule has 144 valence electrons. The van der Waals surface area contributed by atoms with E-state index in [2.05, 4.69) is 10.6 Å². The normalized spacial score (nSPS) is 14.1. The van der Waals surface area contributed by atoms with Gasteiger partial charge in [0.25, 0.3) is 11.8 Å². The second-order valence-electron chi connectivity index (χ2n) is 7.02. The molecule has 1 aliphatic heterocycles. The van der Waals surface area contributed by atoms with E-state index in [1.165, 1.54) is 4.90 Å². The maximum atomic E-state index is 12.8. The fraction of sp³-hybridized carbons (Fsp3) is 0.0833. The lowest BCUT2D eigenvalue weighted by Crippen LogP contribution is -2.21. The van der Waals surface area contributed by atoms with Crippen molar-refractivity contribution in [1.82, 2.24) is 4.90 Å². The molecule has 1 aliphatic rings. The number of rotatable bonds is 4. The summed E-state index contributed by atoms with van der Waals surface area (Å²) < 4.78 is 0. The molecule has 3 aromatic rings. The van der Waals surface area contributed by atoms with E-state index in [0.29, 0.717) is 16.8 Å². The molecule has 2 amide bonds. The first-order chi connectivity index (χ1) is 14.0. The number of para-hydroxylation sites is 1. The van der Waals surface area contributed by atoms with Gasteiger partial charge in [0.2, 0.25) is 0 Å². The van der Waals surface area contributed by atoms with Crippen LogP contribution >= 0.6 is 0 Å². The molecule has 29 heavy (non-hydrogen) atoms. The number of hydrogen-bond donors (Lipinski definition) is 2. The summed E-state index contributed by atoms with van der Waals surface area (Å²) >= 11 is 0. The molecule has 0 bridgehead atoms. The van der Waals surface area contributed by atoms with Crippen LogP contribution in [-0.4, -0.2) is 30.8 Å². The zero-order valence-corrected chi connectivity index (χ0v) is 16.3. The van der Waals surface area contributed by atoms with Crippen LogP contribution in [-0.2, 0) is 4.79 Å². The number of fused-ring (bicyclic) bond motifs is 1. The van der Waals surface area contributed by atoms with Crippen molar-refractivity contribution in [3.8, 4) is 0 Å². The summed E-state index contributed by atoms with van der Waals surface area (Å²) in [5.74, 6) is -0.232. The Morgan fingerprint density at radius 3 is 2.31 bits per heavy atom. The maximum Gasteiger partial charge on any atom is 0.258 e. The molecular formula is C24H21N3O2. The third-order valence-corrected chi connectivity index (χ3v) is 4.77. The van der Waals surface area contributed by atoms with Crippen molar-refractivity contribution < 1.29 is 9.59 Å². The van der Waals surface area contributed by atoms with Crippen LogP contribution in [0.25, 0.3) is 11.3 Å². The molecule has 0 spiro atoms. The summed E-state index contributed by atoms with van der Waals surface area (Å²) in [6.07, 6.45) is 0. The van der Waals surface area contributed by atoms with Crippen LogP contribution in [0.1, 0.15) is 21.5 Å². The molecule has 4 rings (SSSR count). The number of carbonyl (C=O) groups excluding carboxylic acids is 2. The molecule has 3 aromatic carbocycles. The minimum Gasteiger partial charge on any atom is -0.354 e. The van der Waals surface area contributed by atoms with Gasteiger partial charge in [-0.1, -0.05) is 54.6 Å². The van der Waals surface area contributed by atoms with Gasteiger partial charge < -0.3 is 15.5 Å². The highest BCUT2D eigenvalue weighted by atomic mass is 16.2. The number of amides is 2. The Morgan fingerprint density at radius 1 is 0.862 bits per heavy atom. The molecule has 0 radical (unpaired) electrons. The molecule has 5 heteroatoms. The molecule has 5 nitrogen and oxygen atoms in total. The fourth-order valence-corrected chi connectivity index (χ4v) is 3.38. The second kappa shape index (κ2) is 7.64. The van der Waals surface area contributed by atoms with Crippen molar-refractivity contribution >= 4 is 34.5 Å². The van der Waals surface area contributed by atoms with Gasteiger partial charge in [-0.15, -0.1) is 0 Å². The lowest BCUT2D eigenvalue weighted by Gasteiger charge is -2.16. The van der Waals surface area contributed by atoms with Crippen molar-refractivity contribution in [2.75, 3.05) is 24.7 Å². The molecule has 0 atom stereocenters. The van der Waals surface area contributed by atoms with Crippen molar-refractivity contribution in [2.24, 2.45) is 0 Å². The van der Waals surface area contributed by atoms with Gasteiger partial charge in [-0.3, -0.25) is 9.59 Å². The van der Waals surface area contributed by atoms with Gasteiger partial charge >= 0.3 is 0 Å². The summed E-state index contributed by atoms with van der Waals surface area (Å²) in [4.78, 5) is 26.7. The lowest BCUT2D eigenvalue weighted by atomic mass is 10.00. The molecule has 0 aliphatic carbocycles. The summed E-state index contributed by atoms with van der Waals surface area (Å²) in [5.41, 5.74) is 5.12. The van der Waals surface area contributed by atoms with Gasteiger partial charge in [0, 0.05) is 36.6 Å². The third-order valence-electron chi connectivity index (χ3n) is 4.77. The predicted molar refractivity (Wildman–Crippen MR) is 116 cm³/mol. The minimum absolute atomic E-state index is 0.0773. The van der Waals surface area contributed by atoms with Crippen LogP contribution < -0.4 is 10.6 Å². The standard InChI is InChI=1S/C24H21N3O2/c1-27(2)24(29)17-11-8-12-18(15-17)25-22(16-9-4-3-5-10-16)21-19-13-6-7-14-20(19)26-23(21)28/h3-15,25H,1-2H3,(H,26,28). The monoisotopic (exact) mass is 383 g/mol. The Balaban J connectivity index is 1.84. The first-order valence-electron chi connectivity index (χ1n) is 9.34. The van der Waals surface area contributed by atoms with E-state index in [9.17, 15) is 9.59 Å². The Morgan fingerprint density at radius 2 is 1.55 bits per heavy atom. The van der Waals surface area contributed by atoms with Crippen LogP contribution in [0.5, 0.6) is 0 Å². The molecule has 0 saturated heterocycles. The van der Waals surface area contributed by atoms with Gasteiger partial charge in [-0.25, -0.2) is 0 Å². The summed E-state index contributed by atoms with van der Waals surface area (Å²) in [5, 5.41) is 6.32. The molecule has 0 aromatic heterocycles. The number of nitrogens with one attached hydrogen (secondary N) is 2. The van der Waals surface area contributed by atoms with Gasteiger partial charge in [-0.05, 0) is 29.8 Å². The molecular weight excluding hydrogens is 362 g/mol. The minimum atomic E-state index is -0.155. The topological polar surface area (TPSA) is 61.4 Å². The summed E-state index contributed by atoms with van der Waals surface area (Å²) in [6, 6.07) is 24.6. The third kappa shape index (κ3) is 3.62. The fourth-order valence-electron chi connectivity index (χ4n) is 3.38. The molecule has 0 saturated carbocycles. The van der Waals surface area contributed by atoms with E-state index < -0.39 is 0 Å². The van der Waals surface area contributed by atoms with Gasteiger partial charge in [0.1, 0.15) is 0 Å². The number of benzene rings is 3. The Labute approximate surface area is 169 Å². The average Bonchev–Trinajstić information content (AvgIpc) is 3.08. The van der Waals surface area contributed by atoms with Gasteiger partial charge in [-0.2, -0.15) is 0 Å². The SMILES string of the molecule is CN(C)C(=O)c1cccc(NC(=C2C(=O)Nc3ccccc32)c2ccccc2)c1. The summed E-state index contributed by atoms with van der Waals surface area (Å²) in [6.45, 7) is 0. The Bertz CT molecular complexity index is 1120. The Kier molecular flexibility index (Phi) is 4.87. The van der Waals surface area contributed by atoms with Crippen LogP contribution in [0.15, 0.2) is 78.9 Å². The van der Waals surface area contributed by atoms with Crippen molar-refractivity contribution in [3.05, 3.63) is 95.6 Å². The summed E-state index contributed by atoms with van der Waals surface area (Å²) in [7, 11) is 3.44. The Hall–Kier alpha value is -3.86. The van der Waals surface area contributed by atoms with Crippen molar-refractivity contribution in [3.63, 3.8) is 0 Å². The highest BCUT2D eigenvalue weighted by molar-refractivity contribution is 6.37. The van der Waals surface area contributed by atoms with E-state index in [-0.39, 0.29) is 11.8 Å². The zero-order valence-electron chi connectivity index (χ0n) is 16.3. The lowest BCUT2D eigenvalue weighted by molar-refractivity contribution is -0.110. The van der Waals surface area contributed by atoms with E-state index in [1.54, 1.807) is 26.2 Å². The number of anilines is 2. The van der Waals surface area contributed by atoms with E-state index in [0.717, 1.165) is 22.5 Å². The maximum absolute atomic E-state index is 12.8. The number of carbonyl (C=O) groups is 2. The van der Waals surface area contributed by atoms with Crippen LogP contribution in [0.2, 0.25) is 0 Å². The molecule has 0 fully saturated rings. The van der Waals surface area contributed by atoms with Crippen molar-refractivity contribution in [1.29, 1.82) is 0 Å². The number of nitrogens with zero attached hydrogens (tertiary/aromatic N) is 1. The highest BCUT2D eigenvalue weighted by Gasteiger charge is 2.28. The quantitative estimate of drug-likeness (QED) is 0.660. The first kappa shape index (κ1) is 18.5. The highest BCUT2D eigenvalue weighted by Crippen LogP contribution is 2.37. The second-order valence-corrected chi connectivity index (χ2v) is 7.02. The van der Waals surface area contributed by atoms with E-state index >= 15 is 0 Å². The van der Waals surface area contributed by atoms with Crippen molar-refractivity contribution in [2.45, 2.75) is 0 Å². The van der Waals surface area contributed by atoms with Gasteiger partial charge in [0.15, 0.2) is 0 Å².